The molecule has 2 aromatic heterocycles. The first-order valence-electron chi connectivity index (χ1n) is 4.31. The molecule has 0 aliphatic rings. The molecule has 0 saturated carbocycles. The molecular formula is C9H12N4. The lowest BCUT2D eigenvalue weighted by Gasteiger charge is -1.96. The maximum Gasteiger partial charge on any atom is 0.110 e. The number of hydrogen-bond donors (Lipinski definition) is 2. The molecule has 0 spiro atoms. The Morgan fingerprint density at radius 1 is 1.54 bits per heavy atom. The SMILES string of the molecule is Cc1nc2c(CCN)nccc2[nH]1. The molecule has 2 rings (SSSR count). The third-order valence-electron chi connectivity index (χ3n) is 1.98. The molecule has 2 heterocycles. The summed E-state index contributed by atoms with van der Waals surface area (Å²) in [5, 5.41) is 0. The number of rotatable bonds is 2. The molecule has 0 saturated heterocycles. The van der Waals surface area contributed by atoms with Crippen LogP contribution in [0.1, 0.15) is 11.5 Å². The molecule has 0 bridgehead atoms. The van der Waals surface area contributed by atoms with Gasteiger partial charge in [0.2, 0.25) is 0 Å². The predicted octanol–water partition coefficient (Wildman–Crippen LogP) is 0.768. The van der Waals surface area contributed by atoms with Crippen molar-refractivity contribution in [3.63, 3.8) is 0 Å². The highest BCUT2D eigenvalue weighted by Crippen LogP contribution is 2.13. The minimum atomic E-state index is 0.609. The fourth-order valence-electron chi connectivity index (χ4n) is 1.43. The van der Waals surface area contributed by atoms with Crippen LogP contribution in [-0.4, -0.2) is 21.5 Å². The number of aromatic nitrogens is 3. The molecule has 0 fully saturated rings. The number of fused-ring (bicyclic) bond motifs is 1. The lowest BCUT2D eigenvalue weighted by atomic mass is 10.2. The maximum atomic E-state index is 5.48. The third kappa shape index (κ3) is 1.40. The largest absolute Gasteiger partial charge is 0.342 e. The molecule has 3 N–H and O–H groups in total. The van der Waals surface area contributed by atoms with E-state index in [0.29, 0.717) is 6.54 Å². The lowest BCUT2D eigenvalue weighted by molar-refractivity contribution is 0.931. The molecule has 0 atom stereocenters. The monoisotopic (exact) mass is 176 g/mol. The van der Waals surface area contributed by atoms with Crippen LogP contribution in [0.2, 0.25) is 0 Å². The number of pyridine rings is 1. The topological polar surface area (TPSA) is 67.6 Å². The van der Waals surface area contributed by atoms with E-state index in [1.807, 2.05) is 13.0 Å². The number of aromatic amines is 1. The van der Waals surface area contributed by atoms with Crippen LogP contribution < -0.4 is 5.73 Å². The molecule has 2 aromatic rings. The van der Waals surface area contributed by atoms with Gasteiger partial charge in [0.15, 0.2) is 0 Å². The number of imidazole rings is 1. The zero-order chi connectivity index (χ0) is 9.26. The summed E-state index contributed by atoms with van der Waals surface area (Å²) in [5.41, 5.74) is 8.44. The second-order valence-corrected chi connectivity index (χ2v) is 3.01. The van der Waals surface area contributed by atoms with Crippen molar-refractivity contribution in [3.8, 4) is 0 Å². The molecule has 0 radical (unpaired) electrons. The number of nitrogens with zero attached hydrogens (tertiary/aromatic N) is 2. The summed E-state index contributed by atoms with van der Waals surface area (Å²) in [7, 11) is 0. The Bertz CT molecular complexity index is 418. The number of H-pyrrole nitrogens is 1. The van der Waals surface area contributed by atoms with E-state index < -0.39 is 0 Å². The smallest absolute Gasteiger partial charge is 0.110 e. The number of nitrogens with one attached hydrogen (secondary N) is 1. The van der Waals surface area contributed by atoms with Gasteiger partial charge in [0.1, 0.15) is 11.3 Å². The van der Waals surface area contributed by atoms with Crippen molar-refractivity contribution in [3.05, 3.63) is 23.8 Å². The van der Waals surface area contributed by atoms with E-state index in [1.165, 1.54) is 0 Å². The molecule has 0 amide bonds. The number of nitrogens with two attached hydrogens (primary N) is 1. The molecule has 4 heteroatoms. The van der Waals surface area contributed by atoms with E-state index in [4.69, 9.17) is 5.73 Å². The van der Waals surface area contributed by atoms with Gasteiger partial charge in [-0.25, -0.2) is 4.98 Å². The summed E-state index contributed by atoms with van der Waals surface area (Å²) in [6.45, 7) is 2.55. The van der Waals surface area contributed by atoms with Gasteiger partial charge in [-0.05, 0) is 19.5 Å². The second kappa shape index (κ2) is 3.14. The van der Waals surface area contributed by atoms with E-state index in [9.17, 15) is 0 Å². The van der Waals surface area contributed by atoms with E-state index >= 15 is 0 Å². The Labute approximate surface area is 76.2 Å². The van der Waals surface area contributed by atoms with Crippen LogP contribution in [0.5, 0.6) is 0 Å². The fourth-order valence-corrected chi connectivity index (χ4v) is 1.43. The Kier molecular flexibility index (Phi) is 1.98. The van der Waals surface area contributed by atoms with Gasteiger partial charge in [-0.15, -0.1) is 0 Å². The van der Waals surface area contributed by atoms with Crippen LogP contribution in [0, 0.1) is 6.92 Å². The highest BCUT2D eigenvalue weighted by molar-refractivity contribution is 5.77. The molecule has 0 aliphatic carbocycles. The van der Waals surface area contributed by atoms with Crippen LogP contribution in [0.3, 0.4) is 0 Å². The Hall–Kier alpha value is -1.42. The molecule has 4 nitrogen and oxygen atoms in total. The van der Waals surface area contributed by atoms with Crippen molar-refractivity contribution in [2.24, 2.45) is 5.73 Å². The van der Waals surface area contributed by atoms with Gasteiger partial charge in [0, 0.05) is 12.6 Å². The average molecular weight is 176 g/mol. The van der Waals surface area contributed by atoms with Crippen molar-refractivity contribution in [1.82, 2.24) is 15.0 Å². The molecular weight excluding hydrogens is 164 g/mol. The van der Waals surface area contributed by atoms with Gasteiger partial charge in [0.25, 0.3) is 0 Å². The van der Waals surface area contributed by atoms with Crippen LogP contribution in [0.15, 0.2) is 12.3 Å². The summed E-state index contributed by atoms with van der Waals surface area (Å²) in [5.74, 6) is 0.918. The van der Waals surface area contributed by atoms with E-state index in [-0.39, 0.29) is 0 Å². The van der Waals surface area contributed by atoms with E-state index in [0.717, 1.165) is 29.0 Å². The standard InChI is InChI=1S/C9H12N4/c1-6-12-8-3-5-11-7(2-4-10)9(8)13-6/h3,5H,2,4,10H2,1H3,(H,12,13). The van der Waals surface area contributed by atoms with Crippen molar-refractivity contribution < 1.29 is 0 Å². The summed E-state index contributed by atoms with van der Waals surface area (Å²) in [6.07, 6.45) is 2.56. The first-order chi connectivity index (χ1) is 6.31. The van der Waals surface area contributed by atoms with E-state index in [2.05, 4.69) is 15.0 Å². The first kappa shape index (κ1) is 8.19. The predicted molar refractivity (Wildman–Crippen MR) is 51.4 cm³/mol. The number of aryl methyl sites for hydroxylation is 1. The minimum Gasteiger partial charge on any atom is -0.342 e. The summed E-state index contributed by atoms with van der Waals surface area (Å²) < 4.78 is 0. The first-order valence-corrected chi connectivity index (χ1v) is 4.31. The van der Waals surface area contributed by atoms with Crippen molar-refractivity contribution in [2.45, 2.75) is 13.3 Å². The Balaban J connectivity index is 2.60. The second-order valence-electron chi connectivity index (χ2n) is 3.01. The summed E-state index contributed by atoms with van der Waals surface area (Å²) in [6, 6.07) is 1.93. The van der Waals surface area contributed by atoms with Crippen molar-refractivity contribution in [1.29, 1.82) is 0 Å². The molecule has 0 unspecified atom stereocenters. The highest BCUT2D eigenvalue weighted by atomic mass is 14.9. The van der Waals surface area contributed by atoms with Gasteiger partial charge in [-0.3, -0.25) is 4.98 Å². The van der Waals surface area contributed by atoms with E-state index in [1.54, 1.807) is 6.20 Å². The molecule has 0 aliphatic heterocycles. The zero-order valence-electron chi connectivity index (χ0n) is 7.54. The zero-order valence-corrected chi connectivity index (χ0v) is 7.54. The molecule has 13 heavy (non-hydrogen) atoms. The van der Waals surface area contributed by atoms with Gasteiger partial charge < -0.3 is 10.7 Å². The highest BCUT2D eigenvalue weighted by Gasteiger charge is 2.04. The van der Waals surface area contributed by atoms with Crippen molar-refractivity contribution >= 4 is 11.0 Å². The van der Waals surface area contributed by atoms with Crippen LogP contribution in [-0.2, 0) is 6.42 Å². The Morgan fingerprint density at radius 3 is 3.15 bits per heavy atom. The summed E-state index contributed by atoms with van der Waals surface area (Å²) in [4.78, 5) is 11.8. The number of hydrogen-bond acceptors (Lipinski definition) is 3. The minimum absolute atomic E-state index is 0.609. The molecule has 0 aromatic carbocycles. The fraction of sp³-hybridized carbons (Fsp3) is 0.333. The van der Waals surface area contributed by atoms with Crippen molar-refractivity contribution in [2.75, 3.05) is 6.54 Å². The van der Waals surface area contributed by atoms with Crippen LogP contribution >= 0.6 is 0 Å². The summed E-state index contributed by atoms with van der Waals surface area (Å²) >= 11 is 0. The normalized spacial score (nSPS) is 10.9. The average Bonchev–Trinajstić information content (AvgIpc) is 2.47. The van der Waals surface area contributed by atoms with Crippen LogP contribution in [0.25, 0.3) is 11.0 Å². The van der Waals surface area contributed by atoms with Gasteiger partial charge in [0.05, 0.1) is 11.2 Å². The van der Waals surface area contributed by atoms with Gasteiger partial charge in [-0.2, -0.15) is 0 Å². The Morgan fingerprint density at radius 2 is 2.38 bits per heavy atom. The lowest BCUT2D eigenvalue weighted by Crippen LogP contribution is -2.04. The van der Waals surface area contributed by atoms with Crippen LogP contribution in [0.4, 0.5) is 0 Å². The quantitative estimate of drug-likeness (QED) is 0.710. The van der Waals surface area contributed by atoms with Gasteiger partial charge in [-0.1, -0.05) is 0 Å². The maximum absolute atomic E-state index is 5.48. The third-order valence-corrected chi connectivity index (χ3v) is 1.98. The molecule has 68 valence electrons. The van der Waals surface area contributed by atoms with Gasteiger partial charge >= 0.3 is 0 Å².